The number of nitrogens with two attached hydrogens (primary N) is 1. The third kappa shape index (κ3) is 2.50. The van der Waals surface area contributed by atoms with Crippen molar-refractivity contribution in [3.05, 3.63) is 29.0 Å². The van der Waals surface area contributed by atoms with E-state index in [2.05, 4.69) is 4.98 Å². The van der Waals surface area contributed by atoms with E-state index in [1.165, 1.54) is 4.90 Å². The fourth-order valence-electron chi connectivity index (χ4n) is 2.22. The molecule has 0 radical (unpaired) electrons. The molecule has 0 spiro atoms. The molecular formula is C11H14ClN3O2. The van der Waals surface area contributed by atoms with Crippen LogP contribution in [-0.2, 0) is 0 Å². The average molecular weight is 256 g/mol. The summed E-state index contributed by atoms with van der Waals surface area (Å²) in [5.74, 6) is 0.182. The Balaban J connectivity index is 2.12. The Hall–Kier alpha value is -1.33. The summed E-state index contributed by atoms with van der Waals surface area (Å²) in [5.41, 5.74) is 6.79. The molecule has 92 valence electrons. The molecule has 2 heterocycles. The van der Waals surface area contributed by atoms with Gasteiger partial charge in [0.05, 0.1) is 6.17 Å². The van der Waals surface area contributed by atoms with Gasteiger partial charge in [0, 0.05) is 12.7 Å². The third-order valence-electron chi connectivity index (χ3n) is 3.12. The van der Waals surface area contributed by atoms with E-state index in [1.807, 2.05) is 12.1 Å². The van der Waals surface area contributed by atoms with Crippen molar-refractivity contribution in [2.24, 2.45) is 5.73 Å². The van der Waals surface area contributed by atoms with Crippen LogP contribution in [0.15, 0.2) is 18.3 Å². The molecule has 17 heavy (non-hydrogen) atoms. The Bertz CT molecular complexity index is 427. The van der Waals surface area contributed by atoms with Crippen molar-refractivity contribution < 1.29 is 9.90 Å². The van der Waals surface area contributed by atoms with E-state index in [0.29, 0.717) is 18.1 Å². The van der Waals surface area contributed by atoms with E-state index >= 15 is 0 Å². The van der Waals surface area contributed by atoms with E-state index < -0.39 is 12.3 Å². The first kappa shape index (κ1) is 12.1. The van der Waals surface area contributed by atoms with Crippen molar-refractivity contribution in [2.45, 2.75) is 24.9 Å². The Morgan fingerprint density at radius 1 is 1.65 bits per heavy atom. The summed E-state index contributed by atoms with van der Waals surface area (Å²) in [6, 6.07) is 3.75. The van der Waals surface area contributed by atoms with Gasteiger partial charge in [-0.25, -0.2) is 9.78 Å². The molecule has 0 bridgehead atoms. The summed E-state index contributed by atoms with van der Waals surface area (Å²) in [4.78, 5) is 16.2. The van der Waals surface area contributed by atoms with Crippen LogP contribution in [-0.4, -0.2) is 33.8 Å². The minimum atomic E-state index is -0.965. The fourth-order valence-corrected chi connectivity index (χ4v) is 2.49. The number of likely N-dealkylation sites (tertiary alicyclic amines) is 1. The number of aromatic nitrogens is 1. The zero-order valence-electron chi connectivity index (χ0n) is 9.21. The molecule has 1 aromatic rings. The molecule has 1 fully saturated rings. The zero-order chi connectivity index (χ0) is 12.4. The number of carboxylic acid groups (broad SMARTS) is 1. The normalized spacial score (nSPS) is 24.7. The van der Waals surface area contributed by atoms with Crippen LogP contribution in [0.1, 0.15) is 24.3 Å². The molecule has 2 rings (SSSR count). The Morgan fingerprint density at radius 2 is 2.41 bits per heavy atom. The van der Waals surface area contributed by atoms with Crippen LogP contribution in [0.5, 0.6) is 0 Å². The van der Waals surface area contributed by atoms with Gasteiger partial charge in [0.25, 0.3) is 0 Å². The van der Waals surface area contributed by atoms with Crippen LogP contribution < -0.4 is 5.73 Å². The predicted octanol–water partition coefficient (Wildman–Crippen LogP) is 1.88. The summed E-state index contributed by atoms with van der Waals surface area (Å²) in [5, 5.41) is 9.41. The Kier molecular flexibility index (Phi) is 3.49. The first-order valence-electron chi connectivity index (χ1n) is 5.45. The van der Waals surface area contributed by atoms with Gasteiger partial charge >= 0.3 is 6.09 Å². The van der Waals surface area contributed by atoms with Crippen molar-refractivity contribution in [2.75, 3.05) is 6.54 Å². The quantitative estimate of drug-likeness (QED) is 0.751. The smallest absolute Gasteiger partial charge is 0.408 e. The molecule has 2 atom stereocenters. The molecule has 1 aliphatic heterocycles. The van der Waals surface area contributed by atoms with Gasteiger partial charge in [-0.15, -0.1) is 0 Å². The van der Waals surface area contributed by atoms with Crippen molar-refractivity contribution >= 4 is 17.7 Å². The maximum absolute atomic E-state index is 10.9. The molecule has 0 saturated carbocycles. The highest BCUT2D eigenvalue weighted by molar-refractivity contribution is 6.30. The number of amides is 1. The van der Waals surface area contributed by atoms with Crippen LogP contribution in [0.4, 0.5) is 4.79 Å². The van der Waals surface area contributed by atoms with E-state index in [9.17, 15) is 4.79 Å². The first-order valence-corrected chi connectivity index (χ1v) is 5.83. The highest BCUT2D eigenvalue weighted by atomic mass is 35.5. The zero-order valence-corrected chi connectivity index (χ0v) is 9.97. The van der Waals surface area contributed by atoms with Crippen LogP contribution in [0.2, 0.25) is 5.15 Å². The Morgan fingerprint density at radius 3 is 3.00 bits per heavy atom. The number of nitrogens with zero attached hydrogens (tertiary/aromatic N) is 2. The van der Waals surface area contributed by atoms with Gasteiger partial charge in [-0.3, -0.25) is 4.90 Å². The molecule has 1 aromatic heterocycles. The maximum Gasteiger partial charge on any atom is 0.408 e. The molecular weight excluding hydrogens is 242 g/mol. The predicted molar refractivity (Wildman–Crippen MR) is 63.9 cm³/mol. The molecule has 0 aromatic carbocycles. The molecule has 5 nitrogen and oxygen atoms in total. The van der Waals surface area contributed by atoms with Crippen LogP contribution >= 0.6 is 11.6 Å². The van der Waals surface area contributed by atoms with Crippen molar-refractivity contribution in [3.63, 3.8) is 0 Å². The number of piperidine rings is 1. The standard InChI is InChI=1S/C11H14ClN3O2/c12-10-8(2-1-4-14-10)7-3-5-15(11(16)17)9(13)6-7/h1-2,4,7,9H,3,5-6,13H2,(H,16,17). The summed E-state index contributed by atoms with van der Waals surface area (Å²) in [6.45, 7) is 0.437. The van der Waals surface area contributed by atoms with E-state index in [0.717, 1.165) is 12.0 Å². The molecule has 2 unspecified atom stereocenters. The maximum atomic E-state index is 10.9. The lowest BCUT2D eigenvalue weighted by atomic mass is 9.89. The van der Waals surface area contributed by atoms with E-state index in [-0.39, 0.29) is 5.92 Å². The second-order valence-electron chi connectivity index (χ2n) is 4.15. The van der Waals surface area contributed by atoms with Gasteiger partial charge in [-0.1, -0.05) is 17.7 Å². The second kappa shape index (κ2) is 4.89. The topological polar surface area (TPSA) is 79.5 Å². The van der Waals surface area contributed by atoms with Gasteiger partial charge in [-0.05, 0) is 30.4 Å². The van der Waals surface area contributed by atoms with Gasteiger partial charge in [0.2, 0.25) is 0 Å². The van der Waals surface area contributed by atoms with Crippen molar-refractivity contribution in [1.82, 2.24) is 9.88 Å². The molecule has 1 saturated heterocycles. The molecule has 1 aliphatic rings. The molecule has 1 amide bonds. The lowest BCUT2D eigenvalue weighted by Crippen LogP contribution is -2.49. The Labute approximate surface area is 104 Å². The summed E-state index contributed by atoms with van der Waals surface area (Å²) in [7, 11) is 0. The van der Waals surface area contributed by atoms with Crippen LogP contribution in [0, 0.1) is 0 Å². The highest BCUT2D eigenvalue weighted by Gasteiger charge is 2.30. The van der Waals surface area contributed by atoms with E-state index in [1.54, 1.807) is 6.20 Å². The van der Waals surface area contributed by atoms with Crippen LogP contribution in [0.25, 0.3) is 0 Å². The number of rotatable bonds is 1. The number of pyridine rings is 1. The van der Waals surface area contributed by atoms with E-state index in [4.69, 9.17) is 22.4 Å². The van der Waals surface area contributed by atoms with Gasteiger partial charge in [0.1, 0.15) is 5.15 Å². The lowest BCUT2D eigenvalue weighted by molar-refractivity contribution is 0.103. The molecule has 0 aliphatic carbocycles. The van der Waals surface area contributed by atoms with Crippen molar-refractivity contribution in [1.29, 1.82) is 0 Å². The molecule has 3 N–H and O–H groups in total. The third-order valence-corrected chi connectivity index (χ3v) is 3.43. The lowest BCUT2D eigenvalue weighted by Gasteiger charge is -2.35. The van der Waals surface area contributed by atoms with Gasteiger partial charge in [0.15, 0.2) is 0 Å². The minimum absolute atomic E-state index is 0.182. The number of halogens is 1. The molecule has 6 heteroatoms. The SMILES string of the molecule is NC1CC(c2cccnc2Cl)CCN1C(=O)O. The van der Waals surface area contributed by atoms with Crippen molar-refractivity contribution in [3.8, 4) is 0 Å². The summed E-state index contributed by atoms with van der Waals surface area (Å²) < 4.78 is 0. The van der Waals surface area contributed by atoms with Gasteiger partial charge in [-0.2, -0.15) is 0 Å². The van der Waals surface area contributed by atoms with Crippen LogP contribution in [0.3, 0.4) is 0 Å². The first-order chi connectivity index (χ1) is 8.09. The van der Waals surface area contributed by atoms with Gasteiger partial charge < -0.3 is 10.8 Å². The second-order valence-corrected chi connectivity index (χ2v) is 4.51. The largest absolute Gasteiger partial charge is 0.465 e. The average Bonchev–Trinajstić information content (AvgIpc) is 2.29. The fraction of sp³-hybridized carbons (Fsp3) is 0.455. The number of hydrogen-bond donors (Lipinski definition) is 2. The summed E-state index contributed by atoms with van der Waals surface area (Å²) in [6.07, 6.45) is 1.51. The summed E-state index contributed by atoms with van der Waals surface area (Å²) >= 11 is 6.02. The monoisotopic (exact) mass is 255 g/mol. The number of hydrogen-bond acceptors (Lipinski definition) is 3. The minimum Gasteiger partial charge on any atom is -0.465 e. The highest BCUT2D eigenvalue weighted by Crippen LogP contribution is 2.33. The number of carbonyl (C=O) groups is 1.